The maximum atomic E-state index is 13.2. The van der Waals surface area contributed by atoms with Crippen LogP contribution in [0.25, 0.3) is 0 Å². The first-order valence-corrected chi connectivity index (χ1v) is 11.5. The summed E-state index contributed by atoms with van der Waals surface area (Å²) in [5.41, 5.74) is 3.30. The minimum atomic E-state index is -0.300. The molecule has 0 spiro atoms. The topological polar surface area (TPSA) is 61.9 Å². The minimum absolute atomic E-state index is 0.0987. The number of methoxy groups -OCH3 is 1. The number of carbonyl (C=O) groups excluding carboxylic acids is 2. The van der Waals surface area contributed by atoms with Crippen LogP contribution >= 0.6 is 0 Å². The maximum absolute atomic E-state index is 13.2. The van der Waals surface area contributed by atoms with Gasteiger partial charge in [0.25, 0.3) is 0 Å². The van der Waals surface area contributed by atoms with Crippen molar-refractivity contribution in [3.05, 3.63) is 65.7 Å². The molecule has 32 heavy (non-hydrogen) atoms. The van der Waals surface area contributed by atoms with Crippen LogP contribution in [0.2, 0.25) is 0 Å². The number of benzene rings is 2. The number of likely N-dealkylation sites (tertiary alicyclic amines) is 1. The molecule has 2 amide bonds. The van der Waals surface area contributed by atoms with Crippen molar-refractivity contribution in [2.24, 2.45) is 0 Å². The SMILES string of the molecule is COC(=O)CCN(C(=O)Nc1ccc(C(C)C)cc1)C1CCN(Cc2ccccc2)CC1. The Morgan fingerprint density at radius 2 is 1.72 bits per heavy atom. The highest BCUT2D eigenvalue weighted by Gasteiger charge is 2.28. The average Bonchev–Trinajstić information content (AvgIpc) is 2.81. The summed E-state index contributed by atoms with van der Waals surface area (Å²) < 4.78 is 4.80. The van der Waals surface area contributed by atoms with E-state index in [0.717, 1.165) is 38.2 Å². The van der Waals surface area contributed by atoms with E-state index in [0.29, 0.717) is 12.5 Å². The minimum Gasteiger partial charge on any atom is -0.469 e. The van der Waals surface area contributed by atoms with Gasteiger partial charge >= 0.3 is 12.0 Å². The number of rotatable bonds is 8. The lowest BCUT2D eigenvalue weighted by Gasteiger charge is -2.38. The van der Waals surface area contributed by atoms with Crippen molar-refractivity contribution in [3.8, 4) is 0 Å². The van der Waals surface area contributed by atoms with Gasteiger partial charge in [-0.15, -0.1) is 0 Å². The number of anilines is 1. The summed E-state index contributed by atoms with van der Waals surface area (Å²) in [5.74, 6) is 0.142. The van der Waals surface area contributed by atoms with Gasteiger partial charge in [0.05, 0.1) is 13.5 Å². The summed E-state index contributed by atoms with van der Waals surface area (Å²) in [7, 11) is 1.38. The number of nitrogens with zero attached hydrogens (tertiary/aromatic N) is 2. The highest BCUT2D eigenvalue weighted by Crippen LogP contribution is 2.21. The molecule has 0 radical (unpaired) electrons. The summed E-state index contributed by atoms with van der Waals surface area (Å²) in [4.78, 5) is 29.1. The molecule has 1 saturated heterocycles. The predicted octanol–water partition coefficient (Wildman–Crippen LogP) is 4.87. The third-order valence-corrected chi connectivity index (χ3v) is 6.12. The number of ether oxygens (including phenoxy) is 1. The van der Waals surface area contributed by atoms with Crippen LogP contribution in [-0.4, -0.2) is 54.6 Å². The fourth-order valence-electron chi connectivity index (χ4n) is 4.14. The first-order chi connectivity index (χ1) is 15.5. The van der Waals surface area contributed by atoms with Crippen molar-refractivity contribution in [1.29, 1.82) is 0 Å². The molecule has 3 rings (SSSR count). The van der Waals surface area contributed by atoms with Crippen molar-refractivity contribution in [1.82, 2.24) is 9.80 Å². The normalized spacial score (nSPS) is 14.9. The van der Waals surface area contributed by atoms with E-state index in [1.54, 1.807) is 0 Å². The molecule has 0 bridgehead atoms. The zero-order valence-electron chi connectivity index (χ0n) is 19.4. The molecule has 1 aliphatic heterocycles. The van der Waals surface area contributed by atoms with E-state index in [1.807, 2.05) is 35.2 Å². The van der Waals surface area contributed by atoms with Gasteiger partial charge in [0.2, 0.25) is 0 Å². The summed E-state index contributed by atoms with van der Waals surface area (Å²) in [6.45, 7) is 7.41. The number of hydrogen-bond acceptors (Lipinski definition) is 4. The number of urea groups is 1. The van der Waals surface area contributed by atoms with Gasteiger partial charge in [0, 0.05) is 37.9 Å². The summed E-state index contributed by atoms with van der Waals surface area (Å²) in [5, 5.41) is 3.02. The Morgan fingerprint density at radius 1 is 1.06 bits per heavy atom. The zero-order valence-corrected chi connectivity index (χ0v) is 19.4. The van der Waals surface area contributed by atoms with Gasteiger partial charge in [-0.2, -0.15) is 0 Å². The van der Waals surface area contributed by atoms with Gasteiger partial charge in [0.1, 0.15) is 0 Å². The number of carbonyl (C=O) groups is 2. The summed E-state index contributed by atoms with van der Waals surface area (Å²) >= 11 is 0. The zero-order chi connectivity index (χ0) is 22.9. The molecule has 2 aromatic rings. The van der Waals surface area contributed by atoms with Crippen LogP contribution in [0.1, 0.15) is 50.2 Å². The molecule has 1 N–H and O–H groups in total. The van der Waals surface area contributed by atoms with Gasteiger partial charge in [0.15, 0.2) is 0 Å². The van der Waals surface area contributed by atoms with Crippen molar-refractivity contribution < 1.29 is 14.3 Å². The van der Waals surface area contributed by atoms with Crippen LogP contribution in [0.5, 0.6) is 0 Å². The number of hydrogen-bond donors (Lipinski definition) is 1. The second-order valence-corrected chi connectivity index (χ2v) is 8.72. The van der Waals surface area contributed by atoms with Crippen LogP contribution in [0.4, 0.5) is 10.5 Å². The van der Waals surface area contributed by atoms with E-state index in [9.17, 15) is 9.59 Å². The Hall–Kier alpha value is -2.86. The van der Waals surface area contributed by atoms with E-state index in [2.05, 4.69) is 48.3 Å². The number of nitrogens with one attached hydrogen (secondary N) is 1. The molecule has 0 saturated carbocycles. The Morgan fingerprint density at radius 3 is 2.31 bits per heavy atom. The number of amides is 2. The van der Waals surface area contributed by atoms with Crippen LogP contribution < -0.4 is 5.32 Å². The van der Waals surface area contributed by atoms with Gasteiger partial charge in [-0.1, -0.05) is 56.3 Å². The van der Waals surface area contributed by atoms with E-state index >= 15 is 0 Å². The molecule has 0 aromatic heterocycles. The van der Waals surface area contributed by atoms with Crippen molar-refractivity contribution in [2.75, 3.05) is 32.1 Å². The van der Waals surface area contributed by atoms with Gasteiger partial charge in [-0.3, -0.25) is 9.69 Å². The highest BCUT2D eigenvalue weighted by atomic mass is 16.5. The average molecular weight is 438 g/mol. The Labute approximate surface area is 191 Å². The van der Waals surface area contributed by atoms with E-state index in [-0.39, 0.29) is 24.5 Å². The molecule has 6 heteroatoms. The standard InChI is InChI=1S/C26H35N3O3/c1-20(2)22-9-11-23(12-10-22)27-26(31)29(18-15-25(30)32-3)24-13-16-28(17-14-24)19-21-7-5-4-6-8-21/h4-12,20,24H,13-19H2,1-3H3,(H,27,31). The predicted molar refractivity (Wildman–Crippen MR) is 128 cm³/mol. The molecule has 1 heterocycles. The second kappa shape index (κ2) is 11.7. The molecule has 0 atom stereocenters. The Balaban J connectivity index is 1.61. The van der Waals surface area contributed by atoms with Crippen LogP contribution in [0.3, 0.4) is 0 Å². The van der Waals surface area contributed by atoms with E-state index < -0.39 is 0 Å². The first kappa shape index (κ1) is 23.8. The fraction of sp³-hybridized carbons (Fsp3) is 0.462. The van der Waals surface area contributed by atoms with Crippen molar-refractivity contribution in [3.63, 3.8) is 0 Å². The fourth-order valence-corrected chi connectivity index (χ4v) is 4.14. The lowest BCUT2D eigenvalue weighted by molar-refractivity contribution is -0.140. The van der Waals surface area contributed by atoms with E-state index in [4.69, 9.17) is 4.74 Å². The van der Waals surface area contributed by atoms with Gasteiger partial charge in [-0.05, 0) is 42.0 Å². The molecule has 0 unspecified atom stereocenters. The smallest absolute Gasteiger partial charge is 0.322 e. The monoisotopic (exact) mass is 437 g/mol. The highest BCUT2D eigenvalue weighted by molar-refractivity contribution is 5.89. The van der Waals surface area contributed by atoms with Gasteiger partial charge < -0.3 is 15.0 Å². The van der Waals surface area contributed by atoms with Crippen LogP contribution in [-0.2, 0) is 16.1 Å². The van der Waals surface area contributed by atoms with Crippen molar-refractivity contribution in [2.45, 2.75) is 51.6 Å². The molecule has 0 aliphatic carbocycles. The second-order valence-electron chi connectivity index (χ2n) is 8.72. The molecule has 1 aliphatic rings. The maximum Gasteiger partial charge on any atom is 0.322 e. The van der Waals surface area contributed by atoms with Gasteiger partial charge in [-0.25, -0.2) is 4.79 Å². The third-order valence-electron chi connectivity index (χ3n) is 6.12. The third kappa shape index (κ3) is 6.82. The van der Waals surface area contributed by atoms with E-state index in [1.165, 1.54) is 18.2 Å². The molecular weight excluding hydrogens is 402 g/mol. The number of esters is 1. The molecule has 1 fully saturated rings. The lowest BCUT2D eigenvalue weighted by Crippen LogP contribution is -2.49. The Bertz CT molecular complexity index is 860. The van der Waals surface area contributed by atoms with Crippen LogP contribution in [0.15, 0.2) is 54.6 Å². The molecular formula is C26H35N3O3. The molecule has 6 nitrogen and oxygen atoms in total. The summed E-state index contributed by atoms with van der Waals surface area (Å²) in [6.07, 6.45) is 1.96. The largest absolute Gasteiger partial charge is 0.469 e. The lowest BCUT2D eigenvalue weighted by atomic mass is 10.0. The molecule has 2 aromatic carbocycles. The quantitative estimate of drug-likeness (QED) is 0.599. The number of piperidine rings is 1. The molecule has 172 valence electrons. The van der Waals surface area contributed by atoms with Crippen LogP contribution in [0, 0.1) is 0 Å². The van der Waals surface area contributed by atoms with Crippen molar-refractivity contribution >= 4 is 17.7 Å². The first-order valence-electron chi connectivity index (χ1n) is 11.5. The summed E-state index contributed by atoms with van der Waals surface area (Å²) in [6, 6.07) is 18.4. The Kier molecular flexibility index (Phi) is 8.68.